The molecule has 3 rings (SSSR count). The van der Waals surface area contributed by atoms with Crippen molar-refractivity contribution >= 4 is 18.0 Å². The van der Waals surface area contributed by atoms with E-state index in [1.54, 1.807) is 13.3 Å². The number of H-pyrrole nitrogens is 1. The average Bonchev–Trinajstić information content (AvgIpc) is 3.20. The Morgan fingerprint density at radius 3 is 2.70 bits per heavy atom. The van der Waals surface area contributed by atoms with E-state index in [1.165, 1.54) is 11.8 Å². The number of aliphatic hydroxyl groups is 1. The molecule has 2 N–H and O–H groups in total. The number of thioether (sulfide) groups is 1. The molecule has 0 spiro atoms. The molecule has 3 aromatic rings. The predicted octanol–water partition coefficient (Wildman–Crippen LogP) is 2.98. The molecule has 0 bridgehead atoms. The number of ether oxygens (including phenoxy) is 1. The molecule has 0 saturated carbocycles. The molecule has 8 heteroatoms. The molecule has 1 atom stereocenters. The van der Waals surface area contributed by atoms with Gasteiger partial charge in [0.25, 0.3) is 0 Å². The van der Waals surface area contributed by atoms with Crippen molar-refractivity contribution in [3.05, 3.63) is 60.2 Å². The summed E-state index contributed by atoms with van der Waals surface area (Å²) in [7, 11) is 1.62. The van der Waals surface area contributed by atoms with Gasteiger partial charge in [0.1, 0.15) is 18.5 Å². The first-order valence-corrected chi connectivity index (χ1v) is 9.31. The number of aromatic amines is 1. The molecule has 0 saturated heterocycles. The van der Waals surface area contributed by atoms with Crippen LogP contribution in [0.1, 0.15) is 5.56 Å². The van der Waals surface area contributed by atoms with E-state index in [1.807, 2.05) is 54.6 Å². The Morgan fingerprint density at radius 2 is 1.96 bits per heavy atom. The zero-order valence-electron chi connectivity index (χ0n) is 14.8. The lowest BCUT2D eigenvalue weighted by Crippen LogP contribution is -2.16. The van der Waals surface area contributed by atoms with E-state index >= 15 is 0 Å². The van der Waals surface area contributed by atoms with Gasteiger partial charge >= 0.3 is 0 Å². The van der Waals surface area contributed by atoms with E-state index in [-0.39, 0.29) is 6.61 Å². The zero-order valence-corrected chi connectivity index (χ0v) is 15.6. The lowest BCUT2D eigenvalue weighted by atomic mass is 10.2. The number of aliphatic hydroxyl groups excluding tert-OH is 1. The number of nitrogens with one attached hydrogen (secondary N) is 1. The topological polar surface area (TPSA) is 92.6 Å². The van der Waals surface area contributed by atoms with Crippen LogP contribution >= 0.6 is 11.8 Å². The predicted molar refractivity (Wildman–Crippen MR) is 105 cm³/mol. The second kappa shape index (κ2) is 9.75. The fourth-order valence-corrected chi connectivity index (χ4v) is 2.88. The maximum Gasteiger partial charge on any atom is 0.208 e. The zero-order chi connectivity index (χ0) is 18.9. The minimum Gasteiger partial charge on any atom is -0.497 e. The van der Waals surface area contributed by atoms with Crippen LogP contribution in [0.5, 0.6) is 5.75 Å². The highest BCUT2D eigenvalue weighted by Crippen LogP contribution is 2.19. The van der Waals surface area contributed by atoms with Crippen molar-refractivity contribution in [2.45, 2.75) is 11.3 Å². The first-order valence-electron chi connectivity index (χ1n) is 8.32. The summed E-state index contributed by atoms with van der Waals surface area (Å²) >= 11 is 1.35. The summed E-state index contributed by atoms with van der Waals surface area (Å²) < 4.78 is 5.09. The first kappa shape index (κ1) is 18.9. The van der Waals surface area contributed by atoms with Gasteiger partial charge in [-0.25, -0.2) is 4.98 Å². The highest BCUT2D eigenvalue weighted by atomic mass is 32.2. The minimum absolute atomic E-state index is 0.0929. The largest absolute Gasteiger partial charge is 0.497 e. The van der Waals surface area contributed by atoms with Gasteiger partial charge in [-0.2, -0.15) is 0 Å². The third kappa shape index (κ3) is 5.83. The summed E-state index contributed by atoms with van der Waals surface area (Å²) in [4.78, 5) is 9.55. The van der Waals surface area contributed by atoms with Crippen LogP contribution in [0.3, 0.4) is 0 Å². The van der Waals surface area contributed by atoms with Crippen molar-refractivity contribution in [3.8, 4) is 17.1 Å². The van der Waals surface area contributed by atoms with Gasteiger partial charge in [0.2, 0.25) is 5.16 Å². The van der Waals surface area contributed by atoms with E-state index in [4.69, 9.17) is 9.57 Å². The van der Waals surface area contributed by atoms with E-state index in [2.05, 4.69) is 20.3 Å². The Hall–Kier alpha value is -2.84. The lowest BCUT2D eigenvalue weighted by Gasteiger charge is -2.06. The first-order chi connectivity index (χ1) is 13.2. The number of hydrogen-bond acceptors (Lipinski definition) is 7. The standard InChI is InChI=1S/C19H20N4O3S/c1-25-17-9-7-14(8-10-17)11-20-26-12-16(24)13-27-19-21-18(22-23-19)15-5-3-2-4-6-15/h2-11,16,24H,12-13H2,1H3,(H,21,22,23)/b20-11+. The Morgan fingerprint density at radius 1 is 1.19 bits per heavy atom. The van der Waals surface area contributed by atoms with Crippen LogP contribution in [0.25, 0.3) is 11.4 Å². The third-order valence-electron chi connectivity index (χ3n) is 3.58. The van der Waals surface area contributed by atoms with E-state index in [9.17, 15) is 5.11 Å². The van der Waals surface area contributed by atoms with E-state index in [0.29, 0.717) is 16.7 Å². The molecule has 1 unspecified atom stereocenters. The molecular formula is C19H20N4O3S. The molecule has 0 aliphatic rings. The molecule has 0 amide bonds. The van der Waals surface area contributed by atoms with Gasteiger partial charge in [-0.3, -0.25) is 5.10 Å². The van der Waals surface area contributed by atoms with Gasteiger partial charge in [0.15, 0.2) is 5.82 Å². The van der Waals surface area contributed by atoms with Gasteiger partial charge in [0.05, 0.1) is 13.3 Å². The molecule has 2 aromatic carbocycles. The molecule has 7 nitrogen and oxygen atoms in total. The Bertz CT molecular complexity index is 853. The van der Waals surface area contributed by atoms with Gasteiger partial charge in [-0.15, -0.1) is 5.10 Å². The third-order valence-corrected chi connectivity index (χ3v) is 4.57. The molecule has 140 valence electrons. The second-order valence-corrected chi connectivity index (χ2v) is 6.59. The summed E-state index contributed by atoms with van der Waals surface area (Å²) in [5.74, 6) is 1.89. The number of hydrogen-bond donors (Lipinski definition) is 2. The summed E-state index contributed by atoms with van der Waals surface area (Å²) in [6, 6.07) is 17.2. The summed E-state index contributed by atoms with van der Waals surface area (Å²) in [5, 5.41) is 21.5. The van der Waals surface area contributed by atoms with Crippen LogP contribution in [-0.2, 0) is 4.84 Å². The van der Waals surface area contributed by atoms with Crippen molar-refractivity contribution in [2.24, 2.45) is 5.16 Å². The Balaban J connectivity index is 1.40. The molecule has 27 heavy (non-hydrogen) atoms. The summed E-state index contributed by atoms with van der Waals surface area (Å²) in [5.41, 5.74) is 1.85. The van der Waals surface area contributed by atoms with Crippen molar-refractivity contribution in [1.29, 1.82) is 0 Å². The molecule has 0 aliphatic carbocycles. The van der Waals surface area contributed by atoms with E-state index in [0.717, 1.165) is 16.9 Å². The normalized spacial score (nSPS) is 12.2. The lowest BCUT2D eigenvalue weighted by molar-refractivity contribution is 0.0532. The molecule has 0 radical (unpaired) electrons. The van der Waals surface area contributed by atoms with Gasteiger partial charge in [0, 0.05) is 11.3 Å². The fourth-order valence-electron chi connectivity index (χ4n) is 2.17. The minimum atomic E-state index is -0.679. The van der Waals surface area contributed by atoms with Crippen molar-refractivity contribution < 1.29 is 14.7 Å². The highest BCUT2D eigenvalue weighted by Gasteiger charge is 2.10. The maximum atomic E-state index is 10.00. The molecule has 1 heterocycles. The van der Waals surface area contributed by atoms with Crippen LogP contribution in [0, 0.1) is 0 Å². The number of rotatable bonds is 9. The number of methoxy groups -OCH3 is 1. The van der Waals surface area contributed by atoms with Gasteiger partial charge in [-0.1, -0.05) is 47.2 Å². The maximum absolute atomic E-state index is 10.00. The van der Waals surface area contributed by atoms with Crippen LogP contribution < -0.4 is 4.74 Å². The number of aromatic nitrogens is 3. The second-order valence-electron chi connectivity index (χ2n) is 5.60. The number of benzene rings is 2. The summed E-state index contributed by atoms with van der Waals surface area (Å²) in [6.45, 7) is 0.0929. The fraction of sp³-hybridized carbons (Fsp3) is 0.211. The molecule has 0 fully saturated rings. The van der Waals surface area contributed by atoms with Crippen LogP contribution in [0.2, 0.25) is 0 Å². The highest BCUT2D eigenvalue weighted by molar-refractivity contribution is 7.99. The van der Waals surface area contributed by atoms with Crippen LogP contribution in [-0.4, -0.2) is 52.1 Å². The molecule has 0 aliphatic heterocycles. The number of nitrogens with zero attached hydrogens (tertiary/aromatic N) is 3. The van der Waals surface area contributed by atoms with Crippen molar-refractivity contribution in [2.75, 3.05) is 19.5 Å². The van der Waals surface area contributed by atoms with Gasteiger partial charge in [-0.05, 0) is 29.8 Å². The van der Waals surface area contributed by atoms with Crippen LogP contribution in [0.15, 0.2) is 64.9 Å². The molecule has 1 aromatic heterocycles. The van der Waals surface area contributed by atoms with Crippen molar-refractivity contribution in [1.82, 2.24) is 15.2 Å². The summed E-state index contributed by atoms with van der Waals surface area (Å²) in [6.07, 6.45) is 0.905. The quantitative estimate of drug-likeness (QED) is 0.335. The van der Waals surface area contributed by atoms with E-state index < -0.39 is 6.10 Å². The van der Waals surface area contributed by atoms with Gasteiger partial charge < -0.3 is 14.7 Å². The Kier molecular flexibility index (Phi) is 6.84. The average molecular weight is 384 g/mol. The SMILES string of the molecule is COc1ccc(/C=N/OCC(O)CSc2n[nH]c(-c3ccccc3)n2)cc1. The molecular weight excluding hydrogens is 364 g/mol. The Labute approximate surface area is 161 Å². The van der Waals surface area contributed by atoms with Crippen molar-refractivity contribution in [3.63, 3.8) is 0 Å². The van der Waals surface area contributed by atoms with Crippen LogP contribution in [0.4, 0.5) is 0 Å². The smallest absolute Gasteiger partial charge is 0.208 e. The number of oxime groups is 1. The monoisotopic (exact) mass is 384 g/mol.